The lowest BCUT2D eigenvalue weighted by Crippen LogP contribution is -2.63. The number of aromatic nitrogens is 4. The maximum absolute atomic E-state index is 17.3. The minimum Gasteiger partial charge on any atom is -0.508 e. The summed E-state index contributed by atoms with van der Waals surface area (Å²) in [6.07, 6.45) is 14.1. The van der Waals surface area contributed by atoms with Gasteiger partial charge in [-0.1, -0.05) is 57.0 Å². The number of hydrogen-bond acceptors (Lipinski definition) is 15. The van der Waals surface area contributed by atoms with Crippen LogP contribution >= 0.6 is 11.3 Å². The number of rotatable bonds is 19. The minimum absolute atomic E-state index is 0.0128. The number of piperazine rings is 1. The van der Waals surface area contributed by atoms with E-state index in [0.29, 0.717) is 72.4 Å². The monoisotopic (exact) mass is 1200 g/mol. The van der Waals surface area contributed by atoms with Crippen LogP contribution in [0.2, 0.25) is 0 Å². The Kier molecular flexibility index (Phi) is 17.0. The number of phenols is 1. The van der Waals surface area contributed by atoms with E-state index in [4.69, 9.17) is 25.9 Å². The van der Waals surface area contributed by atoms with E-state index in [1.54, 1.807) is 28.2 Å². The number of hydrogen-bond donors (Lipinski definition) is 4. The van der Waals surface area contributed by atoms with Crippen LogP contribution in [0.1, 0.15) is 102 Å². The van der Waals surface area contributed by atoms with Gasteiger partial charge in [0.15, 0.2) is 5.82 Å². The zero-order chi connectivity index (χ0) is 60.0. The van der Waals surface area contributed by atoms with Gasteiger partial charge in [-0.3, -0.25) is 29.1 Å². The van der Waals surface area contributed by atoms with Crippen molar-refractivity contribution >= 4 is 72.7 Å². The summed E-state index contributed by atoms with van der Waals surface area (Å²) in [4.78, 5) is 83.0. The maximum Gasteiger partial charge on any atom is 0.319 e. The molecule has 5 fully saturated rings. The Morgan fingerprint density at radius 3 is 2.47 bits per heavy atom. The number of phenolic OH excluding ortho intramolecular Hbond substituents is 1. The summed E-state index contributed by atoms with van der Waals surface area (Å²) < 4.78 is 44.9. The molecule has 11 rings (SSSR count). The van der Waals surface area contributed by atoms with Gasteiger partial charge in [0.05, 0.1) is 52.2 Å². The van der Waals surface area contributed by atoms with Gasteiger partial charge in [-0.25, -0.2) is 13.8 Å². The maximum atomic E-state index is 17.3. The molecule has 448 valence electrons. The van der Waals surface area contributed by atoms with Crippen LogP contribution in [0.3, 0.4) is 0 Å². The molecular formula is C63H75F2N11O7SSi. The molecule has 5 aliphatic heterocycles. The lowest BCUT2D eigenvalue weighted by Gasteiger charge is -2.40. The van der Waals surface area contributed by atoms with Crippen molar-refractivity contribution < 1.29 is 42.5 Å². The summed E-state index contributed by atoms with van der Waals surface area (Å²) >= 11 is 1.59. The fourth-order valence-electron chi connectivity index (χ4n) is 13.6. The molecule has 18 nitrogen and oxygen atoms in total. The number of likely N-dealkylation sites (N-methyl/N-ethyl adjacent to an activating group) is 1. The van der Waals surface area contributed by atoms with Gasteiger partial charge in [-0.2, -0.15) is 9.97 Å². The van der Waals surface area contributed by atoms with Crippen LogP contribution in [0.25, 0.3) is 43.4 Å². The number of pyridine rings is 1. The number of likely N-dealkylation sites (tertiary alicyclic amines) is 1. The number of thiazole rings is 1. The highest BCUT2D eigenvalue weighted by Crippen LogP contribution is 2.44. The number of anilines is 1. The quantitative estimate of drug-likeness (QED) is 0.0397. The number of carbonyl (C=O) groups excluding carboxylic acids is 4. The Balaban J connectivity index is 0.681. The molecule has 0 radical (unpaired) electrons. The Hall–Kier alpha value is -7.16. The van der Waals surface area contributed by atoms with Crippen LogP contribution in [-0.2, 0) is 30.5 Å². The number of nitrogens with one attached hydrogen (secondary N) is 3. The predicted octanol–water partition coefficient (Wildman–Crippen LogP) is 6.35. The highest BCUT2D eigenvalue weighted by Gasteiger charge is 2.51. The second kappa shape index (κ2) is 24.3. The number of benzene rings is 3. The summed E-state index contributed by atoms with van der Waals surface area (Å²) in [5.74, 6) is 0.401. The highest BCUT2D eigenvalue weighted by molar-refractivity contribution is 7.13. The summed E-state index contributed by atoms with van der Waals surface area (Å²) in [6, 6.07) is 13.2. The number of aryl methyl sites for hydroxylation is 1. The lowest BCUT2D eigenvalue weighted by molar-refractivity contribution is -0.145. The average Bonchev–Trinajstić information content (AvgIpc) is 1.78. The van der Waals surface area contributed by atoms with Crippen molar-refractivity contribution in [1.82, 2.24) is 50.6 Å². The minimum atomic E-state index is -0.954. The number of amides is 4. The van der Waals surface area contributed by atoms with E-state index < -0.39 is 28.3 Å². The number of ether oxygens (including phenoxy) is 2. The number of halogens is 2. The van der Waals surface area contributed by atoms with Crippen molar-refractivity contribution in [1.29, 1.82) is 0 Å². The number of aromatic hydroxyl groups is 1. The van der Waals surface area contributed by atoms with Gasteiger partial charge in [0.25, 0.3) is 0 Å². The van der Waals surface area contributed by atoms with Gasteiger partial charge in [-0.15, -0.1) is 17.8 Å². The van der Waals surface area contributed by atoms with Crippen molar-refractivity contribution in [3.8, 4) is 45.8 Å². The highest BCUT2D eigenvalue weighted by atomic mass is 32.1. The molecule has 0 spiro atoms. The molecule has 3 aromatic carbocycles. The second-order valence-electron chi connectivity index (χ2n) is 25.0. The van der Waals surface area contributed by atoms with Crippen LogP contribution in [-0.4, -0.2) is 168 Å². The van der Waals surface area contributed by atoms with Gasteiger partial charge < -0.3 is 45.2 Å². The Morgan fingerprint density at radius 2 is 1.74 bits per heavy atom. The van der Waals surface area contributed by atoms with Gasteiger partial charge in [0.2, 0.25) is 23.6 Å². The molecule has 4 N–H and O–H groups in total. The first kappa shape index (κ1) is 59.6. The van der Waals surface area contributed by atoms with E-state index in [2.05, 4.69) is 41.6 Å². The normalized spacial score (nSPS) is 22.4. The molecule has 2 unspecified atom stereocenters. The third-order valence-corrected chi connectivity index (χ3v) is 20.7. The van der Waals surface area contributed by atoms with Crippen molar-refractivity contribution in [3.63, 3.8) is 0 Å². The Bertz CT molecular complexity index is 3590. The lowest BCUT2D eigenvalue weighted by atomic mass is 9.85. The zero-order valence-corrected chi connectivity index (χ0v) is 52.1. The summed E-state index contributed by atoms with van der Waals surface area (Å²) in [5.41, 5.74) is 3.70. The van der Waals surface area contributed by atoms with Crippen molar-refractivity contribution in [2.75, 3.05) is 64.5 Å². The van der Waals surface area contributed by atoms with Gasteiger partial charge in [0, 0.05) is 91.7 Å². The molecule has 22 heteroatoms. The molecule has 0 saturated carbocycles. The molecule has 2 bridgehead atoms. The Morgan fingerprint density at radius 1 is 0.988 bits per heavy atom. The molecule has 85 heavy (non-hydrogen) atoms. The van der Waals surface area contributed by atoms with E-state index in [-0.39, 0.29) is 119 Å². The molecule has 4 amide bonds. The van der Waals surface area contributed by atoms with Crippen molar-refractivity contribution in [2.45, 2.75) is 133 Å². The van der Waals surface area contributed by atoms with Crippen LogP contribution < -0.4 is 25.6 Å². The Labute approximate surface area is 501 Å². The third kappa shape index (κ3) is 12.1. The van der Waals surface area contributed by atoms with E-state index in [0.717, 1.165) is 66.8 Å². The number of terminal acetylenes is 1. The molecule has 6 aromatic rings. The molecule has 8 heterocycles. The van der Waals surface area contributed by atoms with E-state index in [9.17, 15) is 24.3 Å². The third-order valence-electron chi connectivity index (χ3n) is 18.2. The molecule has 5 aliphatic rings. The van der Waals surface area contributed by atoms with Crippen LogP contribution in [0.4, 0.5) is 14.6 Å². The zero-order valence-electron chi connectivity index (χ0n) is 49.2. The van der Waals surface area contributed by atoms with E-state index in [1.165, 1.54) is 30.5 Å². The fourth-order valence-corrected chi connectivity index (χ4v) is 15.4. The van der Waals surface area contributed by atoms with Crippen molar-refractivity contribution in [3.05, 3.63) is 88.7 Å². The summed E-state index contributed by atoms with van der Waals surface area (Å²) in [7, 11) is 2.20. The first-order valence-electron chi connectivity index (χ1n) is 29.6. The second-order valence-corrected chi connectivity index (χ2v) is 27.5. The average molecular weight is 1200 g/mol. The number of fused-ring (bicyclic) bond motifs is 5. The van der Waals surface area contributed by atoms with Gasteiger partial charge in [-0.05, 0) is 105 Å². The number of carbonyl (C=O) groups is 4. The largest absolute Gasteiger partial charge is 0.508 e. The van der Waals surface area contributed by atoms with Crippen molar-refractivity contribution in [2.24, 2.45) is 5.41 Å². The molecule has 6 atom stereocenters. The van der Waals surface area contributed by atoms with Crippen LogP contribution in [0, 0.1) is 36.3 Å². The van der Waals surface area contributed by atoms with Gasteiger partial charge in [0.1, 0.15) is 46.4 Å². The first-order chi connectivity index (χ1) is 40.7. The summed E-state index contributed by atoms with van der Waals surface area (Å²) in [6.45, 7) is 11.5. The van der Waals surface area contributed by atoms with Crippen LogP contribution in [0.5, 0.6) is 11.8 Å². The van der Waals surface area contributed by atoms with E-state index in [1.807, 2.05) is 57.5 Å². The SMILES string of the molecule is C#Cc1c(F)ccc2cc(O)cc(-c3ncc4c(N5CC6CCC(C5)N6)nc(OC[C@]56CCCN5[C@H](CN(C)C(=O)CCOCCC(=O)N[C@H](C(=O)N5CCC[C@@]5([SiH3])C(=O)NCc5ccc(-c7scnc7C)cc5)C(C)(C)C)CC6)nc4c3F)c12. The number of nitrogens with zero attached hydrogens (tertiary/aromatic N) is 8. The molecule has 3 aromatic heterocycles. The van der Waals surface area contributed by atoms with Gasteiger partial charge >= 0.3 is 6.01 Å². The summed E-state index contributed by atoms with van der Waals surface area (Å²) in [5, 5.41) is 20.6. The molecule has 5 saturated heterocycles. The topological polar surface area (TPSA) is 208 Å². The predicted molar refractivity (Wildman–Crippen MR) is 326 cm³/mol. The standard InChI is InChI=1S/C63H75F2N11O7SSi/c1-7-45-48(64)17-14-40-28-44(77)29-46(51(40)45)53-52(65)54-47(31-66-53)57(74-32-41-15-16-42(33-74)69-41)72-60(71-54)83-35-62-21-8-24-75(62)43(18-23-62)34-73(6)50(79)20-27-82-26-19-49(78)70-56(61(3,4)5)58(80)76-25-9-22-63(76,85)59(81)67-30-38-10-12-39(13-11-38)55-37(2)68-36-84-55/h1,10-14,17,28-29,31,36,41-43,56,69,77H,8-9,15-16,18-27,30,32-35H2,2-6,85H3,(H,67,81)(H,70,78)/t41?,42?,43-,56+,62+,63+/m0/s1. The first-order valence-corrected chi connectivity index (χ1v) is 31.5. The fraction of sp³-hybridized carbons (Fsp3) is 0.492. The molecule has 0 aliphatic carbocycles. The smallest absolute Gasteiger partial charge is 0.319 e. The van der Waals surface area contributed by atoms with E-state index >= 15 is 8.78 Å². The molecular weight excluding hydrogens is 1120 g/mol. The van der Waals surface area contributed by atoms with Crippen LogP contribution in [0.15, 0.2) is 60.2 Å².